The van der Waals surface area contributed by atoms with Gasteiger partial charge in [0.15, 0.2) is 11.6 Å². The summed E-state index contributed by atoms with van der Waals surface area (Å²) in [5, 5.41) is 37.1. The number of aliphatic hydroxyl groups excluding tert-OH is 2. The average molecular weight is 710 g/mol. The van der Waals surface area contributed by atoms with Gasteiger partial charge < -0.3 is 35.8 Å². The number of amides is 1. The van der Waals surface area contributed by atoms with Crippen LogP contribution >= 0.6 is 0 Å². The maximum absolute atomic E-state index is 14.3. The summed E-state index contributed by atoms with van der Waals surface area (Å²) in [6.07, 6.45) is 0.884. The Labute approximate surface area is 301 Å². The number of nitrogens with one attached hydrogen (secondary N) is 1. The number of aromatic hydroxyl groups is 1. The van der Waals surface area contributed by atoms with E-state index in [0.717, 1.165) is 11.1 Å². The molecule has 0 saturated carbocycles. The van der Waals surface area contributed by atoms with E-state index in [2.05, 4.69) is 5.32 Å². The van der Waals surface area contributed by atoms with Gasteiger partial charge >= 0.3 is 5.97 Å². The predicted octanol–water partition coefficient (Wildman–Crippen LogP) is 3.95. The molecular weight excluding hydrogens is 666 g/mol. The highest BCUT2D eigenvalue weighted by Gasteiger charge is 2.54. The summed E-state index contributed by atoms with van der Waals surface area (Å²) in [6, 6.07) is 16.9. The first-order valence-corrected chi connectivity index (χ1v) is 17.2. The van der Waals surface area contributed by atoms with Crippen LogP contribution in [0, 0.1) is 17.8 Å². The molecular formula is C40H43N3O9. The van der Waals surface area contributed by atoms with Crippen LogP contribution < -0.4 is 15.8 Å². The lowest BCUT2D eigenvalue weighted by atomic mass is 9.60. The van der Waals surface area contributed by atoms with Gasteiger partial charge in [0.25, 0.3) is 5.91 Å². The molecule has 3 aliphatic rings. The fourth-order valence-corrected chi connectivity index (χ4v) is 8.17. The van der Waals surface area contributed by atoms with Gasteiger partial charge in [0.05, 0.1) is 31.2 Å². The van der Waals surface area contributed by atoms with E-state index in [0.29, 0.717) is 35.4 Å². The summed E-state index contributed by atoms with van der Waals surface area (Å²) in [7, 11) is 4.91. The standard InChI is InChI=1S/C40H43N3O9/c1-5-52-40(50)27(16-20-9-7-6-8-10-20)42-19-21-11-14-29(51-4)24(15-21)23-12-13-28(44)31-25(23)17-22-18-26-32(36(46)30(22)35(31)45)37(47)33(39(41)49)38(48)34(26)43(2)3/h6-15,22,26-27,32,34,42,44,46,48H,5,16-19H2,1-4H3,(H2,41,49)/t22?,26?,27?,32?,34-/m0/s1. The molecule has 0 radical (unpaired) electrons. The number of benzene rings is 3. The van der Waals surface area contributed by atoms with E-state index < -0.39 is 64.4 Å². The lowest BCUT2D eigenvalue weighted by Gasteiger charge is -2.46. The van der Waals surface area contributed by atoms with Crippen LogP contribution in [0.15, 0.2) is 83.3 Å². The fourth-order valence-electron chi connectivity index (χ4n) is 8.17. The Bertz CT molecular complexity index is 2000. The van der Waals surface area contributed by atoms with E-state index in [1.165, 1.54) is 13.2 Å². The maximum atomic E-state index is 14.3. The number of aliphatic hydroxyl groups is 2. The van der Waals surface area contributed by atoms with E-state index in [9.17, 15) is 34.5 Å². The number of primary amides is 1. The normalized spacial score (nSPS) is 21.7. The van der Waals surface area contributed by atoms with Gasteiger partial charge in [-0.2, -0.15) is 0 Å². The Balaban J connectivity index is 1.37. The number of nitrogens with zero attached hydrogens (tertiary/aromatic N) is 1. The van der Waals surface area contributed by atoms with Crippen molar-refractivity contribution >= 4 is 23.4 Å². The molecule has 3 aliphatic carbocycles. The van der Waals surface area contributed by atoms with E-state index >= 15 is 0 Å². The second kappa shape index (κ2) is 14.6. The second-order valence-electron chi connectivity index (χ2n) is 13.7. The lowest BCUT2D eigenvalue weighted by molar-refractivity contribution is -0.145. The number of carbonyl (C=O) groups is 4. The Morgan fingerprint density at radius 2 is 1.71 bits per heavy atom. The molecule has 0 bridgehead atoms. The molecule has 272 valence electrons. The van der Waals surface area contributed by atoms with Gasteiger partial charge in [0.1, 0.15) is 34.6 Å². The minimum atomic E-state index is -1.27. The number of nitrogens with two attached hydrogens (primary N) is 1. The molecule has 4 unspecified atom stereocenters. The van der Waals surface area contributed by atoms with Gasteiger partial charge in [0.2, 0.25) is 0 Å². The first-order chi connectivity index (χ1) is 24.9. The number of hydrogen-bond acceptors (Lipinski definition) is 11. The van der Waals surface area contributed by atoms with Crippen molar-refractivity contribution in [2.24, 2.45) is 23.5 Å². The number of hydrogen-bond donors (Lipinski definition) is 5. The molecule has 0 fully saturated rings. The molecule has 6 N–H and O–H groups in total. The fraction of sp³-hybridized carbons (Fsp3) is 0.350. The number of Topliss-reactive ketones (excluding diaryl/α,β-unsaturated/α-hetero) is 2. The number of allylic oxidation sites excluding steroid dienone is 2. The largest absolute Gasteiger partial charge is 0.511 e. The number of fused-ring (bicyclic) bond motifs is 3. The highest BCUT2D eigenvalue weighted by Crippen LogP contribution is 2.52. The van der Waals surface area contributed by atoms with Crippen LogP contribution in [0.25, 0.3) is 11.1 Å². The van der Waals surface area contributed by atoms with Crippen LogP contribution in [0.2, 0.25) is 0 Å². The zero-order valence-electron chi connectivity index (χ0n) is 29.5. The van der Waals surface area contributed by atoms with E-state index in [4.69, 9.17) is 15.2 Å². The Morgan fingerprint density at radius 1 is 0.981 bits per heavy atom. The van der Waals surface area contributed by atoms with Crippen molar-refractivity contribution < 1.29 is 44.0 Å². The number of phenols is 1. The summed E-state index contributed by atoms with van der Waals surface area (Å²) in [5.74, 6) is -6.13. The van der Waals surface area contributed by atoms with Crippen molar-refractivity contribution in [2.75, 3.05) is 27.8 Å². The number of methoxy groups -OCH3 is 1. The van der Waals surface area contributed by atoms with Crippen molar-refractivity contribution in [2.45, 2.75) is 44.8 Å². The molecule has 12 heteroatoms. The van der Waals surface area contributed by atoms with Crippen LogP contribution in [0.1, 0.15) is 40.4 Å². The van der Waals surface area contributed by atoms with Gasteiger partial charge in [-0.1, -0.05) is 42.5 Å². The number of ketones is 2. The molecule has 1 amide bonds. The SMILES string of the molecule is CCOC(=O)C(Cc1ccccc1)NCc1ccc(OC)c(-c2ccc(O)c3c2CC2CC4C(C(=O)C(C(N)=O)=C(O)[C@H]4N(C)C)C(O)=C2C3=O)c1. The van der Waals surface area contributed by atoms with Crippen molar-refractivity contribution in [3.05, 3.63) is 106 Å². The summed E-state index contributed by atoms with van der Waals surface area (Å²) >= 11 is 0. The molecule has 0 aliphatic heterocycles. The first kappa shape index (κ1) is 36.3. The van der Waals surface area contributed by atoms with E-state index in [1.807, 2.05) is 42.5 Å². The topological polar surface area (TPSA) is 189 Å². The number of esters is 1. The number of carbonyl (C=O) groups excluding carboxylic acids is 4. The number of rotatable bonds is 11. The molecule has 3 aromatic carbocycles. The predicted molar refractivity (Wildman–Crippen MR) is 192 cm³/mol. The maximum Gasteiger partial charge on any atom is 0.323 e. The van der Waals surface area contributed by atoms with Crippen LogP contribution in [0.3, 0.4) is 0 Å². The molecule has 12 nitrogen and oxygen atoms in total. The minimum absolute atomic E-state index is 0.00509. The first-order valence-electron chi connectivity index (χ1n) is 17.2. The van der Waals surface area contributed by atoms with Crippen LogP contribution in [-0.4, -0.2) is 83.6 Å². The van der Waals surface area contributed by atoms with Gasteiger partial charge in [-0.05, 0) is 92.6 Å². The van der Waals surface area contributed by atoms with Crippen molar-refractivity contribution in [1.29, 1.82) is 0 Å². The minimum Gasteiger partial charge on any atom is -0.511 e. The Kier molecular flexibility index (Phi) is 10.2. The number of phenolic OH excluding ortho intramolecular Hbond substituents is 1. The molecule has 0 saturated heterocycles. The molecule has 6 rings (SSSR count). The van der Waals surface area contributed by atoms with Crippen molar-refractivity contribution in [1.82, 2.24) is 10.2 Å². The lowest BCUT2D eigenvalue weighted by Crippen LogP contribution is -2.53. The second-order valence-corrected chi connectivity index (χ2v) is 13.7. The quantitative estimate of drug-likeness (QED) is 0.143. The number of ether oxygens (including phenoxy) is 2. The van der Waals surface area contributed by atoms with Gasteiger partial charge in [-0.3, -0.25) is 24.1 Å². The Hall–Kier alpha value is -5.46. The smallest absolute Gasteiger partial charge is 0.323 e. The van der Waals surface area contributed by atoms with Gasteiger partial charge in [0, 0.05) is 17.7 Å². The van der Waals surface area contributed by atoms with Gasteiger partial charge in [-0.25, -0.2) is 0 Å². The third kappa shape index (κ3) is 6.44. The van der Waals surface area contributed by atoms with E-state index in [-0.39, 0.29) is 42.3 Å². The van der Waals surface area contributed by atoms with Gasteiger partial charge in [-0.15, -0.1) is 0 Å². The monoisotopic (exact) mass is 709 g/mol. The summed E-state index contributed by atoms with van der Waals surface area (Å²) in [5.41, 5.74) is 8.54. The molecule has 0 heterocycles. The number of likely N-dealkylation sites (N-methyl/N-ethyl adjacent to an activating group) is 1. The van der Waals surface area contributed by atoms with E-state index in [1.54, 1.807) is 38.1 Å². The molecule has 0 aromatic heterocycles. The van der Waals surface area contributed by atoms with Crippen molar-refractivity contribution in [3.63, 3.8) is 0 Å². The zero-order chi connectivity index (χ0) is 37.4. The van der Waals surface area contributed by atoms with Crippen LogP contribution in [0.5, 0.6) is 11.5 Å². The summed E-state index contributed by atoms with van der Waals surface area (Å²) in [4.78, 5) is 54.6. The summed E-state index contributed by atoms with van der Waals surface area (Å²) < 4.78 is 11.1. The third-order valence-electron chi connectivity index (χ3n) is 10.4. The van der Waals surface area contributed by atoms with Crippen LogP contribution in [0.4, 0.5) is 0 Å². The zero-order valence-corrected chi connectivity index (χ0v) is 29.5. The molecule has 3 aromatic rings. The molecule has 5 atom stereocenters. The average Bonchev–Trinajstić information content (AvgIpc) is 3.10. The molecule has 52 heavy (non-hydrogen) atoms. The van der Waals surface area contributed by atoms with Crippen molar-refractivity contribution in [3.8, 4) is 22.6 Å². The van der Waals surface area contributed by atoms with Crippen LogP contribution in [-0.2, 0) is 38.5 Å². The third-order valence-corrected chi connectivity index (χ3v) is 10.4. The highest BCUT2D eigenvalue weighted by atomic mass is 16.5. The Morgan fingerprint density at radius 3 is 2.37 bits per heavy atom. The highest BCUT2D eigenvalue weighted by molar-refractivity contribution is 6.22. The summed E-state index contributed by atoms with van der Waals surface area (Å²) in [6.45, 7) is 2.32. The molecule has 0 spiro atoms.